The number of hydrogen-bond donors (Lipinski definition) is 3. The highest BCUT2D eigenvalue weighted by molar-refractivity contribution is 5.95. The van der Waals surface area contributed by atoms with E-state index < -0.39 is 17.5 Å². The number of amides is 3. The van der Waals surface area contributed by atoms with Crippen molar-refractivity contribution in [3.8, 4) is 11.3 Å². The summed E-state index contributed by atoms with van der Waals surface area (Å²) in [5.74, 6) is 0.348. The second-order valence-electron chi connectivity index (χ2n) is 26.8. The molecule has 8 aliphatic heterocycles. The van der Waals surface area contributed by atoms with Crippen molar-refractivity contribution in [3.05, 3.63) is 41.7 Å². The van der Waals surface area contributed by atoms with Gasteiger partial charge in [-0.05, 0) is 139 Å². The summed E-state index contributed by atoms with van der Waals surface area (Å²) in [5, 5.41) is 9.60. The smallest absolute Gasteiger partial charge is 0.324 e. The number of esters is 1. The van der Waals surface area contributed by atoms with Crippen LogP contribution in [0.4, 0.5) is 11.4 Å². The Kier molecular flexibility index (Phi) is 15.0. The summed E-state index contributed by atoms with van der Waals surface area (Å²) in [6.07, 6.45) is 14.4. The standard InChI is InChI=1S/C62H89N11O7/c1-6-72-51-18-17-42-29-46(51)48(56(72)47-30-44(33-63-52(47)39(2)78-5)68-26-25-67-21-9-13-43(67)34-68)32-61(3,4)38-80-60(77)49-14-10-22-73(66-49)58(75)50(31-45-35-69(42)27-28-79-45)64-57(74)55(41-11-7-8-12-41)70-23-19-62(36-70)20-24-71(37-62)59(76)54-53(65-54)40-15-16-40/h17-18,29-30,33,39-41,43,45,49-50,53-55,65-66H,6-16,19-28,31-32,34-38H2,1-5H3,(H,64,74)/t39-,43+,45-,49-,50-,53?,54+,55?,62-/m0/s1. The number of hydrogen-bond acceptors (Lipinski definition) is 14. The fourth-order valence-corrected chi connectivity index (χ4v) is 16.0. The number of aromatic nitrogens is 2. The molecule has 2 aromatic heterocycles. The second kappa shape index (κ2) is 22.0. The minimum Gasteiger partial charge on any atom is -0.464 e. The van der Waals surface area contributed by atoms with Crippen molar-refractivity contribution >= 4 is 46.0 Å². The highest BCUT2D eigenvalue weighted by Crippen LogP contribution is 2.47. The molecule has 10 aliphatic rings. The molecule has 18 nitrogen and oxygen atoms in total. The monoisotopic (exact) mass is 1100 g/mol. The molecular formula is C62H89N11O7. The largest absolute Gasteiger partial charge is 0.464 e. The molecule has 2 saturated carbocycles. The molecular weight excluding hydrogens is 1010 g/mol. The van der Waals surface area contributed by atoms with Crippen LogP contribution in [0.5, 0.6) is 0 Å². The number of pyridine rings is 1. The molecule has 9 atom stereocenters. The molecule has 3 amide bonds. The van der Waals surface area contributed by atoms with Gasteiger partial charge in [-0.1, -0.05) is 26.7 Å². The fraction of sp³-hybridized carbons (Fsp3) is 0.726. The molecule has 13 rings (SSSR count). The van der Waals surface area contributed by atoms with E-state index in [4.69, 9.17) is 19.2 Å². The third-order valence-electron chi connectivity index (χ3n) is 20.7. The zero-order valence-electron chi connectivity index (χ0n) is 48.4. The van der Waals surface area contributed by atoms with Gasteiger partial charge in [0.15, 0.2) is 0 Å². The van der Waals surface area contributed by atoms with Crippen LogP contribution in [0, 0.1) is 22.7 Å². The average Bonchev–Trinajstić information content (AvgIpc) is 4.17. The Hall–Kier alpha value is -4.85. The molecule has 2 unspecified atom stereocenters. The molecule has 0 radical (unpaired) electrons. The molecule has 7 saturated heterocycles. The second-order valence-corrected chi connectivity index (χ2v) is 26.8. The number of hydrazine groups is 1. The third kappa shape index (κ3) is 10.6. The van der Waals surface area contributed by atoms with Gasteiger partial charge in [-0.25, -0.2) is 5.43 Å². The van der Waals surface area contributed by atoms with E-state index in [-0.39, 0.29) is 72.3 Å². The number of likely N-dealkylation sites (tertiary alicyclic amines) is 2. The van der Waals surface area contributed by atoms with Gasteiger partial charge in [-0.2, -0.15) is 0 Å². The van der Waals surface area contributed by atoms with Gasteiger partial charge in [0.2, 0.25) is 11.8 Å². The van der Waals surface area contributed by atoms with Gasteiger partial charge in [0, 0.05) is 124 Å². The predicted molar refractivity (Wildman–Crippen MR) is 307 cm³/mol. The van der Waals surface area contributed by atoms with Crippen LogP contribution in [0.2, 0.25) is 0 Å². The first kappa shape index (κ1) is 54.4. The number of morpholine rings is 1. The third-order valence-corrected chi connectivity index (χ3v) is 20.7. The van der Waals surface area contributed by atoms with Crippen molar-refractivity contribution < 1.29 is 33.4 Å². The number of cyclic esters (lactones) is 1. The van der Waals surface area contributed by atoms with Crippen molar-refractivity contribution in [2.45, 2.75) is 173 Å². The summed E-state index contributed by atoms with van der Waals surface area (Å²) in [6, 6.07) is 8.09. The number of rotatable bonds is 11. The molecule has 6 bridgehead atoms. The lowest BCUT2D eigenvalue weighted by atomic mass is 9.84. The van der Waals surface area contributed by atoms with E-state index in [9.17, 15) is 9.59 Å². The van der Waals surface area contributed by atoms with Crippen LogP contribution < -0.4 is 25.9 Å². The summed E-state index contributed by atoms with van der Waals surface area (Å²) in [6.45, 7) is 18.9. The van der Waals surface area contributed by atoms with Gasteiger partial charge in [0.25, 0.3) is 5.91 Å². The molecule has 80 heavy (non-hydrogen) atoms. The van der Waals surface area contributed by atoms with E-state index in [0.717, 1.165) is 130 Å². The van der Waals surface area contributed by atoms with Gasteiger partial charge in [-0.3, -0.25) is 44.3 Å². The lowest BCUT2D eigenvalue weighted by Crippen LogP contribution is -2.62. The fourth-order valence-electron chi connectivity index (χ4n) is 16.0. The van der Waals surface area contributed by atoms with E-state index in [2.05, 4.69) is 97.1 Å². The summed E-state index contributed by atoms with van der Waals surface area (Å²) in [4.78, 5) is 75.8. The van der Waals surface area contributed by atoms with E-state index in [0.29, 0.717) is 63.5 Å². The number of carbonyl (C=O) groups is 4. The Morgan fingerprint density at radius 2 is 1.71 bits per heavy atom. The normalized spacial score (nSPS) is 31.4. The van der Waals surface area contributed by atoms with Crippen LogP contribution in [-0.2, 0) is 46.4 Å². The van der Waals surface area contributed by atoms with Crippen molar-refractivity contribution in [2.75, 3.05) is 102 Å². The lowest BCUT2D eigenvalue weighted by Gasteiger charge is -2.39. The van der Waals surface area contributed by atoms with Crippen LogP contribution in [0.25, 0.3) is 22.2 Å². The molecule has 3 N–H and O–H groups in total. The number of carbonyl (C=O) groups excluding carboxylic acids is 4. The first-order valence-electron chi connectivity index (χ1n) is 31.1. The minimum atomic E-state index is -0.900. The van der Waals surface area contributed by atoms with Gasteiger partial charge in [0.05, 0.1) is 54.7 Å². The molecule has 434 valence electrons. The van der Waals surface area contributed by atoms with E-state index >= 15 is 9.59 Å². The maximum Gasteiger partial charge on any atom is 0.324 e. The number of nitrogens with zero attached hydrogens (tertiary/aromatic N) is 8. The SMILES string of the molecule is CCn1c(-c2cc(N3CCN4CCC[C@@H]4C3)cnc2[C@H](C)OC)c2c3cc(ccc31)N1CCO[C@@H](C[C@H](NC(=O)C(C3CCCC3)N3CC[C@]4(CCN(C(=O)[C@@H]5NC5C5CC5)C4)C3)C(=O)N3CCC[C@H](N3)C(=O)OCC(C)(C)C2)C1. The molecule has 10 heterocycles. The number of nitrogens with one attached hydrogen (secondary N) is 3. The van der Waals surface area contributed by atoms with Crippen molar-refractivity contribution in [1.82, 2.24) is 45.3 Å². The van der Waals surface area contributed by atoms with Crippen molar-refractivity contribution in [1.29, 1.82) is 0 Å². The zero-order chi connectivity index (χ0) is 55.0. The van der Waals surface area contributed by atoms with Gasteiger partial charge < -0.3 is 38.8 Å². The van der Waals surface area contributed by atoms with Crippen molar-refractivity contribution in [3.63, 3.8) is 0 Å². The quantitative estimate of drug-likeness (QED) is 0.159. The minimum absolute atomic E-state index is 0.0254. The summed E-state index contributed by atoms with van der Waals surface area (Å²) in [7, 11) is 1.76. The van der Waals surface area contributed by atoms with Crippen LogP contribution in [0.1, 0.15) is 129 Å². The lowest BCUT2D eigenvalue weighted by molar-refractivity contribution is -0.156. The molecule has 2 aliphatic carbocycles. The number of aryl methyl sites for hydroxylation is 1. The number of benzene rings is 1. The molecule has 1 aromatic carbocycles. The summed E-state index contributed by atoms with van der Waals surface area (Å²) < 4.78 is 21.5. The number of methoxy groups -OCH3 is 1. The molecule has 9 fully saturated rings. The van der Waals surface area contributed by atoms with Crippen molar-refractivity contribution in [2.24, 2.45) is 22.7 Å². The summed E-state index contributed by atoms with van der Waals surface area (Å²) in [5.41, 5.74) is 10.4. The molecule has 1 spiro atoms. The van der Waals surface area contributed by atoms with Crippen LogP contribution in [0.3, 0.4) is 0 Å². The molecule has 18 heteroatoms. The number of ether oxygens (including phenoxy) is 3. The van der Waals surface area contributed by atoms with Gasteiger partial charge in [0.1, 0.15) is 18.1 Å². The van der Waals surface area contributed by atoms with Gasteiger partial charge in [-0.15, -0.1) is 0 Å². The number of piperazine rings is 1. The predicted octanol–water partition coefficient (Wildman–Crippen LogP) is 5.65. The first-order chi connectivity index (χ1) is 38.8. The Bertz CT molecular complexity index is 2830. The Balaban J connectivity index is 0.813. The zero-order valence-corrected chi connectivity index (χ0v) is 48.4. The Morgan fingerprint density at radius 1 is 0.900 bits per heavy atom. The highest BCUT2D eigenvalue weighted by Gasteiger charge is 2.55. The topological polar surface area (TPSA) is 179 Å². The Labute approximate surface area is 473 Å². The molecule has 3 aromatic rings. The van der Waals surface area contributed by atoms with Gasteiger partial charge >= 0.3 is 5.97 Å². The highest BCUT2D eigenvalue weighted by atomic mass is 16.5. The van der Waals surface area contributed by atoms with Crippen LogP contribution in [0.15, 0.2) is 30.5 Å². The van der Waals surface area contributed by atoms with E-state index in [1.165, 1.54) is 37.8 Å². The number of fused-ring (bicyclic) bond motifs is 7. The van der Waals surface area contributed by atoms with E-state index in [1.807, 2.05) is 6.20 Å². The average molecular weight is 1100 g/mol. The van der Waals surface area contributed by atoms with Crippen LogP contribution >= 0.6 is 0 Å². The van der Waals surface area contributed by atoms with Crippen LogP contribution in [-0.4, -0.2) is 188 Å². The maximum atomic E-state index is 15.3. The maximum absolute atomic E-state index is 15.3. The van der Waals surface area contributed by atoms with E-state index in [1.54, 1.807) is 12.1 Å². The number of anilines is 2. The Morgan fingerprint density at radius 3 is 2.52 bits per heavy atom. The summed E-state index contributed by atoms with van der Waals surface area (Å²) >= 11 is 0. The first-order valence-corrected chi connectivity index (χ1v) is 31.1.